The van der Waals surface area contributed by atoms with Crippen LogP contribution in [0.3, 0.4) is 0 Å². The van der Waals surface area contributed by atoms with Gasteiger partial charge in [-0.2, -0.15) is 0 Å². The SMILES string of the molecule is CNS(=O)(=O)C1CCN(C(=O)c2[nH]c3ccccc3c2Cl)CC1. The normalized spacial score (nSPS) is 16.9. The molecule has 0 aliphatic carbocycles. The molecule has 1 fully saturated rings. The topological polar surface area (TPSA) is 82.3 Å². The Kier molecular flexibility index (Phi) is 4.35. The number of aromatic amines is 1. The van der Waals surface area contributed by atoms with E-state index in [0.29, 0.717) is 36.6 Å². The summed E-state index contributed by atoms with van der Waals surface area (Å²) in [5, 5.41) is 0.774. The summed E-state index contributed by atoms with van der Waals surface area (Å²) in [5.74, 6) is -0.188. The van der Waals surface area contributed by atoms with Crippen molar-refractivity contribution in [1.29, 1.82) is 0 Å². The van der Waals surface area contributed by atoms with Crippen LogP contribution >= 0.6 is 11.6 Å². The van der Waals surface area contributed by atoms with Crippen LogP contribution in [0.5, 0.6) is 0 Å². The summed E-state index contributed by atoms with van der Waals surface area (Å²) in [6, 6.07) is 7.46. The van der Waals surface area contributed by atoms with Gasteiger partial charge in [0, 0.05) is 24.0 Å². The van der Waals surface area contributed by atoms with Crippen molar-refractivity contribution < 1.29 is 13.2 Å². The minimum atomic E-state index is -3.29. The number of H-pyrrole nitrogens is 1. The third-order valence-corrected chi connectivity index (χ3v) is 6.62. The van der Waals surface area contributed by atoms with Gasteiger partial charge in [0.25, 0.3) is 5.91 Å². The lowest BCUT2D eigenvalue weighted by Crippen LogP contribution is -2.45. The maximum atomic E-state index is 12.7. The molecule has 1 aromatic heterocycles. The molecule has 1 aliphatic rings. The maximum absolute atomic E-state index is 12.7. The molecule has 23 heavy (non-hydrogen) atoms. The molecule has 124 valence electrons. The number of carbonyl (C=O) groups excluding carboxylic acids is 1. The number of nitrogens with one attached hydrogen (secondary N) is 2. The second kappa shape index (κ2) is 6.14. The number of nitrogens with zero attached hydrogens (tertiary/aromatic N) is 1. The van der Waals surface area contributed by atoms with E-state index in [9.17, 15) is 13.2 Å². The molecule has 3 rings (SSSR count). The van der Waals surface area contributed by atoms with Crippen molar-refractivity contribution in [1.82, 2.24) is 14.6 Å². The van der Waals surface area contributed by atoms with Crippen molar-refractivity contribution in [2.45, 2.75) is 18.1 Å². The van der Waals surface area contributed by atoms with E-state index < -0.39 is 15.3 Å². The Bertz CT molecular complexity index is 839. The molecule has 1 amide bonds. The van der Waals surface area contributed by atoms with Crippen LogP contribution in [0.15, 0.2) is 24.3 Å². The first-order valence-corrected chi connectivity index (χ1v) is 9.34. The van der Waals surface area contributed by atoms with Gasteiger partial charge >= 0.3 is 0 Å². The van der Waals surface area contributed by atoms with E-state index in [1.165, 1.54) is 7.05 Å². The van der Waals surface area contributed by atoms with Crippen molar-refractivity contribution in [2.24, 2.45) is 0 Å². The number of carbonyl (C=O) groups is 1. The monoisotopic (exact) mass is 355 g/mol. The number of benzene rings is 1. The number of likely N-dealkylation sites (tertiary alicyclic amines) is 1. The summed E-state index contributed by atoms with van der Waals surface area (Å²) in [4.78, 5) is 17.4. The zero-order valence-electron chi connectivity index (χ0n) is 12.7. The van der Waals surface area contributed by atoms with Crippen LogP contribution < -0.4 is 4.72 Å². The predicted octanol–water partition coefficient (Wildman–Crippen LogP) is 1.98. The van der Waals surface area contributed by atoms with Gasteiger partial charge in [-0.05, 0) is 26.0 Å². The molecule has 2 heterocycles. The summed E-state index contributed by atoms with van der Waals surface area (Å²) in [6.07, 6.45) is 0.847. The van der Waals surface area contributed by atoms with Crippen LogP contribution in [0.4, 0.5) is 0 Å². The van der Waals surface area contributed by atoms with Crippen molar-refractivity contribution in [3.63, 3.8) is 0 Å². The number of sulfonamides is 1. The highest BCUT2D eigenvalue weighted by molar-refractivity contribution is 7.90. The average molecular weight is 356 g/mol. The number of amides is 1. The molecule has 1 saturated heterocycles. The molecule has 1 aliphatic heterocycles. The Hall–Kier alpha value is -1.57. The Balaban J connectivity index is 1.78. The van der Waals surface area contributed by atoms with Gasteiger partial charge in [-0.3, -0.25) is 4.79 Å². The van der Waals surface area contributed by atoms with E-state index >= 15 is 0 Å². The highest BCUT2D eigenvalue weighted by atomic mass is 35.5. The minimum Gasteiger partial charge on any atom is -0.349 e. The number of halogens is 1. The van der Waals surface area contributed by atoms with E-state index in [4.69, 9.17) is 11.6 Å². The molecule has 2 N–H and O–H groups in total. The largest absolute Gasteiger partial charge is 0.349 e. The first kappa shape index (κ1) is 16.3. The van der Waals surface area contributed by atoms with Gasteiger partial charge in [0.15, 0.2) is 0 Å². The molecule has 0 atom stereocenters. The molecule has 0 spiro atoms. The Morgan fingerprint density at radius 2 is 1.96 bits per heavy atom. The van der Waals surface area contributed by atoms with Crippen LogP contribution in [0.25, 0.3) is 10.9 Å². The summed E-state index contributed by atoms with van der Waals surface area (Å²) in [5.41, 5.74) is 1.18. The van der Waals surface area contributed by atoms with Gasteiger partial charge in [-0.1, -0.05) is 29.8 Å². The number of piperidine rings is 1. The number of hydrogen-bond acceptors (Lipinski definition) is 3. The van der Waals surface area contributed by atoms with Crippen molar-refractivity contribution >= 4 is 38.4 Å². The molecule has 0 radical (unpaired) electrons. The first-order chi connectivity index (χ1) is 10.9. The van der Waals surface area contributed by atoms with Crippen molar-refractivity contribution in [3.05, 3.63) is 35.0 Å². The number of aromatic nitrogens is 1. The van der Waals surface area contributed by atoms with Gasteiger partial charge in [-0.25, -0.2) is 13.1 Å². The Morgan fingerprint density at radius 3 is 2.57 bits per heavy atom. The van der Waals surface area contributed by atoms with E-state index in [0.717, 1.165) is 10.9 Å². The zero-order valence-corrected chi connectivity index (χ0v) is 14.2. The number of rotatable bonds is 3. The molecule has 6 nitrogen and oxygen atoms in total. The van der Waals surface area contributed by atoms with Gasteiger partial charge < -0.3 is 9.88 Å². The lowest BCUT2D eigenvalue weighted by Gasteiger charge is -2.31. The third kappa shape index (κ3) is 2.96. The van der Waals surface area contributed by atoms with E-state index in [1.54, 1.807) is 4.90 Å². The second-order valence-electron chi connectivity index (χ2n) is 5.60. The maximum Gasteiger partial charge on any atom is 0.271 e. The number of para-hydroxylation sites is 1. The number of fused-ring (bicyclic) bond motifs is 1. The van der Waals surface area contributed by atoms with Crippen LogP contribution in [0.1, 0.15) is 23.3 Å². The Morgan fingerprint density at radius 1 is 1.30 bits per heavy atom. The Labute approximate surface area is 139 Å². The van der Waals surface area contributed by atoms with Crippen LogP contribution in [0, 0.1) is 0 Å². The molecule has 1 aromatic carbocycles. The fourth-order valence-corrected chi connectivity index (χ4v) is 4.41. The summed E-state index contributed by atoms with van der Waals surface area (Å²) in [6.45, 7) is 0.798. The standard InChI is InChI=1S/C15H18ClN3O3S/c1-17-23(21,22)10-6-8-19(9-7-10)15(20)14-13(16)11-4-2-3-5-12(11)18-14/h2-5,10,17-18H,6-9H2,1H3. The minimum absolute atomic E-state index is 0.188. The smallest absolute Gasteiger partial charge is 0.271 e. The fourth-order valence-electron chi connectivity index (χ4n) is 2.95. The molecular formula is C15H18ClN3O3S. The quantitative estimate of drug-likeness (QED) is 0.883. The zero-order chi connectivity index (χ0) is 16.6. The van der Waals surface area contributed by atoms with Crippen LogP contribution in [-0.2, 0) is 10.0 Å². The van der Waals surface area contributed by atoms with Crippen molar-refractivity contribution in [2.75, 3.05) is 20.1 Å². The predicted molar refractivity (Wildman–Crippen MR) is 90.2 cm³/mol. The van der Waals surface area contributed by atoms with E-state index in [1.807, 2.05) is 24.3 Å². The van der Waals surface area contributed by atoms with E-state index in [2.05, 4.69) is 9.71 Å². The molecule has 0 bridgehead atoms. The molecule has 2 aromatic rings. The van der Waals surface area contributed by atoms with E-state index in [-0.39, 0.29) is 5.91 Å². The highest BCUT2D eigenvalue weighted by Crippen LogP contribution is 2.29. The molecule has 0 saturated carbocycles. The fraction of sp³-hybridized carbons (Fsp3) is 0.400. The van der Waals surface area contributed by atoms with Gasteiger partial charge in [0.05, 0.1) is 10.3 Å². The van der Waals surface area contributed by atoms with Gasteiger partial charge in [0.2, 0.25) is 10.0 Å². The van der Waals surface area contributed by atoms with Gasteiger partial charge in [-0.15, -0.1) is 0 Å². The average Bonchev–Trinajstić information content (AvgIpc) is 2.91. The van der Waals surface area contributed by atoms with Gasteiger partial charge in [0.1, 0.15) is 5.69 Å². The summed E-state index contributed by atoms with van der Waals surface area (Å²) < 4.78 is 26.0. The second-order valence-corrected chi connectivity index (χ2v) is 8.14. The number of hydrogen-bond donors (Lipinski definition) is 2. The highest BCUT2D eigenvalue weighted by Gasteiger charge is 2.32. The van der Waals surface area contributed by atoms with Crippen LogP contribution in [0.2, 0.25) is 5.02 Å². The third-order valence-electron chi connectivity index (χ3n) is 4.31. The lowest BCUT2D eigenvalue weighted by molar-refractivity contribution is 0.0720. The molecule has 8 heteroatoms. The van der Waals surface area contributed by atoms with Crippen molar-refractivity contribution in [3.8, 4) is 0 Å². The molecule has 0 unspecified atom stereocenters. The first-order valence-electron chi connectivity index (χ1n) is 7.42. The lowest BCUT2D eigenvalue weighted by atomic mass is 10.1. The van der Waals surface area contributed by atoms with Crippen LogP contribution in [-0.4, -0.2) is 49.6 Å². The summed E-state index contributed by atoms with van der Waals surface area (Å²) in [7, 11) is -1.87. The molecular weight excluding hydrogens is 338 g/mol. The summed E-state index contributed by atoms with van der Waals surface area (Å²) >= 11 is 6.31.